The van der Waals surface area contributed by atoms with Crippen molar-refractivity contribution in [1.29, 1.82) is 5.26 Å². The van der Waals surface area contributed by atoms with E-state index in [0.717, 1.165) is 0 Å². The fourth-order valence-corrected chi connectivity index (χ4v) is 1.62. The topological polar surface area (TPSA) is 50.7 Å². The third kappa shape index (κ3) is 2.11. The molecule has 5 heteroatoms. The molecule has 1 aromatic heterocycles. The van der Waals surface area contributed by atoms with Crippen molar-refractivity contribution in [2.45, 2.75) is 6.54 Å². The van der Waals surface area contributed by atoms with E-state index in [4.69, 9.17) is 5.26 Å². The number of nitriles is 1. The van der Waals surface area contributed by atoms with Crippen molar-refractivity contribution in [2.24, 2.45) is 7.05 Å². The third-order valence-corrected chi connectivity index (χ3v) is 2.55. The lowest BCUT2D eigenvalue weighted by Gasteiger charge is -2.04. The summed E-state index contributed by atoms with van der Waals surface area (Å²) < 4.78 is 15.9. The molecular weight excluding hydrogens is 221 g/mol. The van der Waals surface area contributed by atoms with Crippen molar-refractivity contribution in [2.75, 3.05) is 0 Å². The molecule has 0 aliphatic carbocycles. The monoisotopic (exact) mass is 231 g/mol. The number of halogens is 1. The molecule has 0 saturated carbocycles. The van der Waals surface area contributed by atoms with E-state index in [0.29, 0.717) is 11.1 Å². The second kappa shape index (κ2) is 4.26. The Bertz CT molecular complexity index is 649. The van der Waals surface area contributed by atoms with E-state index < -0.39 is 5.82 Å². The average molecular weight is 231 g/mol. The second-order valence-electron chi connectivity index (χ2n) is 3.73. The van der Waals surface area contributed by atoms with Crippen LogP contribution in [0.2, 0.25) is 0 Å². The Balaban J connectivity index is 2.43. The third-order valence-electron chi connectivity index (χ3n) is 2.55. The second-order valence-corrected chi connectivity index (χ2v) is 3.73. The standard InChI is InChI=1S/C12H10FN3O/c1-15-4-5-16(12(15)17)8-10-6-11(13)3-2-9(10)7-14/h2-6H,8H2,1H3. The van der Waals surface area contributed by atoms with Crippen LogP contribution in [0.4, 0.5) is 4.39 Å². The first-order chi connectivity index (χ1) is 8.11. The summed E-state index contributed by atoms with van der Waals surface area (Å²) in [5, 5.41) is 8.90. The van der Waals surface area contributed by atoms with Crippen molar-refractivity contribution >= 4 is 0 Å². The molecule has 4 nitrogen and oxygen atoms in total. The van der Waals surface area contributed by atoms with Crippen molar-refractivity contribution in [1.82, 2.24) is 9.13 Å². The summed E-state index contributed by atoms with van der Waals surface area (Å²) in [6.45, 7) is 0.195. The molecule has 0 aliphatic heterocycles. The fourth-order valence-electron chi connectivity index (χ4n) is 1.62. The van der Waals surface area contributed by atoms with Crippen LogP contribution in [0.15, 0.2) is 35.4 Å². The maximum absolute atomic E-state index is 13.1. The van der Waals surface area contributed by atoms with Gasteiger partial charge in [-0.05, 0) is 23.8 Å². The zero-order valence-electron chi connectivity index (χ0n) is 9.22. The van der Waals surface area contributed by atoms with E-state index >= 15 is 0 Å². The molecule has 0 aliphatic rings. The molecule has 17 heavy (non-hydrogen) atoms. The van der Waals surface area contributed by atoms with Gasteiger partial charge in [0.05, 0.1) is 18.2 Å². The molecule has 0 amide bonds. The van der Waals surface area contributed by atoms with Crippen molar-refractivity contribution < 1.29 is 4.39 Å². The van der Waals surface area contributed by atoms with Crippen LogP contribution in [-0.4, -0.2) is 9.13 Å². The quantitative estimate of drug-likeness (QED) is 0.781. The van der Waals surface area contributed by atoms with E-state index in [-0.39, 0.29) is 12.2 Å². The van der Waals surface area contributed by atoms with Crippen LogP contribution in [0, 0.1) is 17.1 Å². The van der Waals surface area contributed by atoms with Gasteiger partial charge >= 0.3 is 5.69 Å². The van der Waals surface area contributed by atoms with Gasteiger partial charge in [0.25, 0.3) is 0 Å². The first-order valence-corrected chi connectivity index (χ1v) is 5.02. The summed E-state index contributed by atoms with van der Waals surface area (Å²) in [5.74, 6) is -0.414. The molecule has 0 bridgehead atoms. The highest BCUT2D eigenvalue weighted by atomic mass is 19.1. The highest BCUT2D eigenvalue weighted by Gasteiger charge is 2.07. The zero-order chi connectivity index (χ0) is 12.4. The minimum Gasteiger partial charge on any atom is -0.302 e. The molecule has 0 spiro atoms. The lowest BCUT2D eigenvalue weighted by atomic mass is 10.1. The Labute approximate surface area is 97.2 Å². The number of benzene rings is 1. The van der Waals surface area contributed by atoms with Crippen LogP contribution < -0.4 is 5.69 Å². The summed E-state index contributed by atoms with van der Waals surface area (Å²) in [4.78, 5) is 11.6. The summed E-state index contributed by atoms with van der Waals surface area (Å²) in [7, 11) is 1.63. The predicted molar refractivity (Wildman–Crippen MR) is 59.9 cm³/mol. The molecule has 0 fully saturated rings. The van der Waals surface area contributed by atoms with Crippen LogP contribution in [0.1, 0.15) is 11.1 Å². The Morgan fingerprint density at radius 3 is 2.76 bits per heavy atom. The van der Waals surface area contributed by atoms with Gasteiger partial charge in [-0.2, -0.15) is 5.26 Å². The first-order valence-electron chi connectivity index (χ1n) is 5.02. The number of imidazole rings is 1. The minimum absolute atomic E-state index is 0.195. The maximum atomic E-state index is 13.1. The first kappa shape index (κ1) is 11.1. The molecule has 0 saturated heterocycles. The predicted octanol–water partition coefficient (Wildman–Crippen LogP) is 1.25. The van der Waals surface area contributed by atoms with Crippen LogP contribution in [0.3, 0.4) is 0 Å². The Hall–Kier alpha value is -2.35. The number of rotatable bonds is 2. The molecule has 86 valence electrons. The normalized spacial score (nSPS) is 10.2. The van der Waals surface area contributed by atoms with Gasteiger partial charge in [-0.3, -0.25) is 4.57 Å². The Morgan fingerprint density at radius 2 is 2.18 bits per heavy atom. The van der Waals surface area contributed by atoms with Gasteiger partial charge in [-0.1, -0.05) is 0 Å². The molecular formula is C12H10FN3O. The van der Waals surface area contributed by atoms with Gasteiger partial charge < -0.3 is 4.57 Å². The number of aromatic nitrogens is 2. The van der Waals surface area contributed by atoms with Crippen LogP contribution in [-0.2, 0) is 13.6 Å². The maximum Gasteiger partial charge on any atom is 0.328 e. The molecule has 0 atom stereocenters. The summed E-state index contributed by atoms with van der Waals surface area (Å²) in [6.07, 6.45) is 3.22. The Kier molecular flexibility index (Phi) is 2.79. The lowest BCUT2D eigenvalue weighted by molar-refractivity contribution is 0.621. The number of hydrogen-bond acceptors (Lipinski definition) is 2. The number of nitrogens with zero attached hydrogens (tertiary/aromatic N) is 3. The fraction of sp³-hybridized carbons (Fsp3) is 0.167. The summed E-state index contributed by atoms with van der Waals surface area (Å²) in [5.41, 5.74) is 0.682. The van der Waals surface area contributed by atoms with Crippen molar-refractivity contribution in [3.05, 3.63) is 58.0 Å². The van der Waals surface area contributed by atoms with E-state index in [2.05, 4.69) is 0 Å². The van der Waals surface area contributed by atoms with Crippen molar-refractivity contribution in [3.63, 3.8) is 0 Å². The van der Waals surface area contributed by atoms with Gasteiger partial charge in [0.1, 0.15) is 5.82 Å². The van der Waals surface area contributed by atoms with Gasteiger partial charge in [0, 0.05) is 19.4 Å². The lowest BCUT2D eigenvalue weighted by Crippen LogP contribution is -2.22. The van der Waals surface area contributed by atoms with E-state index in [1.54, 1.807) is 19.4 Å². The van der Waals surface area contributed by atoms with Gasteiger partial charge in [0.2, 0.25) is 0 Å². The van der Waals surface area contributed by atoms with Crippen LogP contribution in [0.5, 0.6) is 0 Å². The SMILES string of the molecule is Cn1ccn(Cc2cc(F)ccc2C#N)c1=O. The van der Waals surface area contributed by atoms with Gasteiger partial charge in [-0.25, -0.2) is 9.18 Å². The van der Waals surface area contributed by atoms with Gasteiger partial charge in [0.15, 0.2) is 0 Å². The summed E-state index contributed by atoms with van der Waals surface area (Å²) in [6, 6.07) is 5.90. The molecule has 2 aromatic rings. The van der Waals surface area contributed by atoms with E-state index in [1.165, 1.54) is 27.3 Å². The average Bonchev–Trinajstić information content (AvgIpc) is 2.61. The Morgan fingerprint density at radius 1 is 1.41 bits per heavy atom. The molecule has 1 heterocycles. The molecule has 2 rings (SSSR count). The van der Waals surface area contributed by atoms with Crippen LogP contribution in [0.25, 0.3) is 0 Å². The zero-order valence-corrected chi connectivity index (χ0v) is 9.22. The minimum atomic E-state index is -0.414. The largest absolute Gasteiger partial charge is 0.328 e. The van der Waals surface area contributed by atoms with E-state index in [1.807, 2.05) is 6.07 Å². The smallest absolute Gasteiger partial charge is 0.302 e. The molecule has 0 unspecified atom stereocenters. The van der Waals surface area contributed by atoms with Crippen molar-refractivity contribution in [3.8, 4) is 6.07 Å². The molecule has 0 radical (unpaired) electrons. The summed E-state index contributed by atoms with van der Waals surface area (Å²) >= 11 is 0. The number of hydrogen-bond donors (Lipinski definition) is 0. The number of aryl methyl sites for hydroxylation is 1. The van der Waals surface area contributed by atoms with E-state index in [9.17, 15) is 9.18 Å². The highest BCUT2D eigenvalue weighted by Crippen LogP contribution is 2.11. The molecule has 0 N–H and O–H groups in total. The van der Waals surface area contributed by atoms with Crippen LogP contribution >= 0.6 is 0 Å². The van der Waals surface area contributed by atoms with Gasteiger partial charge in [-0.15, -0.1) is 0 Å². The highest BCUT2D eigenvalue weighted by molar-refractivity contribution is 5.37. The molecule has 1 aromatic carbocycles.